The van der Waals surface area contributed by atoms with E-state index in [2.05, 4.69) is 5.32 Å². The molecule has 0 aliphatic rings. The first-order valence-corrected chi connectivity index (χ1v) is 6.78. The van der Waals surface area contributed by atoms with Crippen LogP contribution in [0.25, 0.3) is 0 Å². The van der Waals surface area contributed by atoms with Crippen molar-refractivity contribution in [3.63, 3.8) is 0 Å². The van der Waals surface area contributed by atoms with E-state index in [1.807, 2.05) is 30.3 Å². The zero-order chi connectivity index (χ0) is 15.7. The summed E-state index contributed by atoms with van der Waals surface area (Å²) in [5, 5.41) is 11.4. The predicted molar refractivity (Wildman–Crippen MR) is 77.2 cm³/mol. The van der Waals surface area contributed by atoms with Gasteiger partial charge in [0, 0.05) is 0 Å². The Labute approximate surface area is 124 Å². The lowest BCUT2D eigenvalue weighted by atomic mass is 10.1. The van der Waals surface area contributed by atoms with Crippen molar-refractivity contribution in [2.45, 2.75) is 19.9 Å². The molecule has 0 unspecified atom stereocenters. The number of carboxylic acids is 1. The van der Waals surface area contributed by atoms with Crippen LogP contribution in [0.15, 0.2) is 30.3 Å². The second-order valence-corrected chi connectivity index (χ2v) is 4.84. The second kappa shape index (κ2) is 8.97. The minimum absolute atomic E-state index is 0.186. The molecule has 0 saturated heterocycles. The van der Waals surface area contributed by atoms with Crippen LogP contribution in [-0.4, -0.2) is 42.8 Å². The largest absolute Gasteiger partial charge is 0.491 e. The summed E-state index contributed by atoms with van der Waals surface area (Å²) in [4.78, 5) is 22.5. The van der Waals surface area contributed by atoms with E-state index in [9.17, 15) is 9.59 Å². The maximum atomic E-state index is 11.6. The summed E-state index contributed by atoms with van der Waals surface area (Å²) in [5.41, 5.74) is 0. The lowest BCUT2D eigenvalue weighted by Gasteiger charge is -2.17. The van der Waals surface area contributed by atoms with Crippen LogP contribution >= 0.6 is 0 Å². The number of carboxylic acid groups (broad SMARTS) is 1. The van der Waals surface area contributed by atoms with Gasteiger partial charge in [0.05, 0.1) is 6.61 Å². The third kappa shape index (κ3) is 6.76. The molecule has 0 bridgehead atoms. The zero-order valence-corrected chi connectivity index (χ0v) is 12.2. The molecule has 6 heteroatoms. The Balaban J connectivity index is 2.17. The highest BCUT2D eigenvalue weighted by Gasteiger charge is 2.23. The average Bonchev–Trinajstić information content (AvgIpc) is 2.45. The van der Waals surface area contributed by atoms with E-state index < -0.39 is 17.9 Å². The van der Waals surface area contributed by atoms with Crippen LogP contribution in [0.3, 0.4) is 0 Å². The van der Waals surface area contributed by atoms with Crippen LogP contribution in [0.1, 0.15) is 13.8 Å². The van der Waals surface area contributed by atoms with E-state index in [0.717, 1.165) is 5.75 Å². The van der Waals surface area contributed by atoms with Crippen molar-refractivity contribution >= 4 is 11.9 Å². The molecule has 116 valence electrons. The monoisotopic (exact) mass is 295 g/mol. The van der Waals surface area contributed by atoms with Crippen molar-refractivity contribution in [1.29, 1.82) is 0 Å². The summed E-state index contributed by atoms with van der Waals surface area (Å²) in [6.07, 6.45) is 0. The first kappa shape index (κ1) is 17.0. The molecule has 2 N–H and O–H groups in total. The highest BCUT2D eigenvalue weighted by Crippen LogP contribution is 2.07. The van der Waals surface area contributed by atoms with Gasteiger partial charge in [-0.2, -0.15) is 0 Å². The number of hydrogen-bond acceptors (Lipinski definition) is 4. The highest BCUT2D eigenvalue weighted by molar-refractivity contribution is 5.84. The molecule has 0 spiro atoms. The molecule has 1 rings (SSSR count). The van der Waals surface area contributed by atoms with Crippen LogP contribution in [0.5, 0.6) is 5.75 Å². The molecule has 1 amide bonds. The molecule has 0 aliphatic carbocycles. The van der Waals surface area contributed by atoms with Crippen LogP contribution < -0.4 is 10.1 Å². The van der Waals surface area contributed by atoms with Gasteiger partial charge in [-0.15, -0.1) is 0 Å². The Morgan fingerprint density at radius 3 is 2.43 bits per heavy atom. The number of aliphatic carboxylic acids is 1. The van der Waals surface area contributed by atoms with Crippen molar-refractivity contribution in [1.82, 2.24) is 5.32 Å². The highest BCUT2D eigenvalue weighted by atomic mass is 16.5. The smallest absolute Gasteiger partial charge is 0.326 e. The topological polar surface area (TPSA) is 84.9 Å². The summed E-state index contributed by atoms with van der Waals surface area (Å²) in [5.74, 6) is -0.953. The second-order valence-electron chi connectivity index (χ2n) is 4.84. The number of hydrogen-bond donors (Lipinski definition) is 2. The molecule has 0 radical (unpaired) electrons. The maximum Gasteiger partial charge on any atom is 0.326 e. The Bertz CT molecular complexity index is 447. The summed E-state index contributed by atoms with van der Waals surface area (Å²) >= 11 is 0. The molecule has 0 aromatic heterocycles. The lowest BCUT2D eigenvalue weighted by Crippen LogP contribution is -2.45. The number of ether oxygens (including phenoxy) is 2. The van der Waals surface area contributed by atoms with Crippen molar-refractivity contribution in [3.8, 4) is 5.75 Å². The van der Waals surface area contributed by atoms with E-state index in [-0.39, 0.29) is 19.1 Å². The van der Waals surface area contributed by atoms with Gasteiger partial charge < -0.3 is 19.9 Å². The molecule has 0 aliphatic heterocycles. The van der Waals surface area contributed by atoms with Crippen molar-refractivity contribution in [3.05, 3.63) is 30.3 Å². The number of para-hydroxylation sites is 1. The molecule has 0 heterocycles. The van der Waals surface area contributed by atoms with Gasteiger partial charge in [-0.25, -0.2) is 4.79 Å². The lowest BCUT2D eigenvalue weighted by molar-refractivity contribution is -0.143. The molecule has 0 fully saturated rings. The first-order chi connectivity index (χ1) is 10.0. The molecule has 1 aromatic rings. The van der Waals surface area contributed by atoms with Gasteiger partial charge in [-0.05, 0) is 18.1 Å². The van der Waals surface area contributed by atoms with E-state index >= 15 is 0 Å². The number of carbonyl (C=O) groups excluding carboxylic acids is 1. The van der Waals surface area contributed by atoms with Crippen molar-refractivity contribution in [2.75, 3.05) is 19.8 Å². The molecular formula is C15H21NO5. The van der Waals surface area contributed by atoms with Gasteiger partial charge in [0.2, 0.25) is 5.91 Å². The number of carbonyl (C=O) groups is 2. The normalized spacial score (nSPS) is 12.0. The molecule has 0 saturated carbocycles. The Morgan fingerprint density at radius 2 is 1.86 bits per heavy atom. The number of rotatable bonds is 9. The molecule has 1 aromatic carbocycles. The number of amides is 1. The minimum Gasteiger partial charge on any atom is -0.491 e. The van der Waals surface area contributed by atoms with Gasteiger partial charge in [0.1, 0.15) is 25.0 Å². The van der Waals surface area contributed by atoms with E-state index in [0.29, 0.717) is 6.61 Å². The quantitative estimate of drug-likeness (QED) is 0.671. The summed E-state index contributed by atoms with van der Waals surface area (Å²) in [6, 6.07) is 8.37. The van der Waals surface area contributed by atoms with E-state index in [1.165, 1.54) is 0 Å². The van der Waals surface area contributed by atoms with Crippen molar-refractivity contribution < 1.29 is 24.2 Å². The minimum atomic E-state index is -1.05. The number of nitrogens with one attached hydrogen (secondary N) is 1. The number of benzene rings is 1. The standard InChI is InChI=1S/C15H21NO5/c1-11(2)14(15(18)19)16-13(17)10-20-8-9-21-12-6-4-3-5-7-12/h3-7,11,14H,8-10H2,1-2H3,(H,16,17)(H,18,19)/t14-/m1/s1. The fourth-order valence-electron chi connectivity index (χ4n) is 1.63. The van der Waals surface area contributed by atoms with Crippen LogP contribution in [0.4, 0.5) is 0 Å². The van der Waals surface area contributed by atoms with Crippen LogP contribution in [0.2, 0.25) is 0 Å². The Morgan fingerprint density at radius 1 is 1.19 bits per heavy atom. The van der Waals surface area contributed by atoms with Gasteiger partial charge >= 0.3 is 5.97 Å². The van der Waals surface area contributed by atoms with Crippen LogP contribution in [0, 0.1) is 5.92 Å². The fraction of sp³-hybridized carbons (Fsp3) is 0.467. The summed E-state index contributed by atoms with van der Waals surface area (Å²) < 4.78 is 10.5. The molecule has 1 atom stereocenters. The average molecular weight is 295 g/mol. The van der Waals surface area contributed by atoms with Gasteiger partial charge in [-0.3, -0.25) is 4.79 Å². The molecule has 6 nitrogen and oxygen atoms in total. The van der Waals surface area contributed by atoms with Crippen molar-refractivity contribution in [2.24, 2.45) is 5.92 Å². The van der Waals surface area contributed by atoms with E-state index in [4.69, 9.17) is 14.6 Å². The van der Waals surface area contributed by atoms with Gasteiger partial charge in [-0.1, -0.05) is 32.0 Å². The maximum absolute atomic E-state index is 11.6. The fourth-order valence-corrected chi connectivity index (χ4v) is 1.63. The van der Waals surface area contributed by atoms with Gasteiger partial charge in [0.15, 0.2) is 0 Å². The molecular weight excluding hydrogens is 274 g/mol. The zero-order valence-electron chi connectivity index (χ0n) is 12.2. The van der Waals surface area contributed by atoms with E-state index in [1.54, 1.807) is 13.8 Å². The Hall–Kier alpha value is -2.08. The third-order valence-electron chi connectivity index (χ3n) is 2.72. The van der Waals surface area contributed by atoms with Crippen LogP contribution in [-0.2, 0) is 14.3 Å². The summed E-state index contributed by atoms with van der Waals surface area (Å²) in [6.45, 7) is 3.85. The van der Waals surface area contributed by atoms with Gasteiger partial charge in [0.25, 0.3) is 0 Å². The predicted octanol–water partition coefficient (Wildman–Crippen LogP) is 1.31. The third-order valence-corrected chi connectivity index (χ3v) is 2.72. The molecule has 21 heavy (non-hydrogen) atoms. The SMILES string of the molecule is CC(C)[C@@H](NC(=O)COCCOc1ccccc1)C(=O)O. The summed E-state index contributed by atoms with van der Waals surface area (Å²) in [7, 11) is 0. The Kier molecular flexibility index (Phi) is 7.25. The first-order valence-electron chi connectivity index (χ1n) is 6.78.